The zero-order valence-corrected chi connectivity index (χ0v) is 16.9. The van der Waals surface area contributed by atoms with E-state index < -0.39 is 0 Å². The molecule has 3 aromatic carbocycles. The number of imidazole rings is 1. The summed E-state index contributed by atoms with van der Waals surface area (Å²) in [5.41, 5.74) is 6.01. The number of benzene rings is 3. The van der Waals surface area contributed by atoms with E-state index in [1.165, 1.54) is 0 Å². The van der Waals surface area contributed by atoms with Crippen LogP contribution >= 0.6 is 0 Å². The molecule has 0 amide bonds. The highest BCUT2D eigenvalue weighted by molar-refractivity contribution is 5.81. The lowest BCUT2D eigenvalue weighted by Gasteiger charge is -2.07. The summed E-state index contributed by atoms with van der Waals surface area (Å²) in [5.74, 6) is 0.572. The zero-order valence-electron chi connectivity index (χ0n) is 16.9. The number of nitriles is 1. The Kier molecular flexibility index (Phi) is 4.05. The van der Waals surface area contributed by atoms with E-state index in [0.29, 0.717) is 22.7 Å². The molecular weight excluding hydrogens is 396 g/mol. The number of aromatic nitrogens is 5. The van der Waals surface area contributed by atoms with Crippen LogP contribution in [0.4, 0.5) is 0 Å². The van der Waals surface area contributed by atoms with E-state index >= 15 is 0 Å². The summed E-state index contributed by atoms with van der Waals surface area (Å²) >= 11 is 0. The minimum atomic E-state index is 0.480. The van der Waals surface area contributed by atoms with Crippen LogP contribution in [0.1, 0.15) is 5.56 Å². The van der Waals surface area contributed by atoms with Crippen molar-refractivity contribution in [3.8, 4) is 34.4 Å². The molecule has 0 spiro atoms. The Morgan fingerprint density at radius 1 is 0.750 bits per heavy atom. The summed E-state index contributed by atoms with van der Waals surface area (Å²) < 4.78 is 3.76. The number of fused-ring (bicyclic) bond motifs is 3. The van der Waals surface area contributed by atoms with Gasteiger partial charge in [-0.25, -0.2) is 14.6 Å². The van der Waals surface area contributed by atoms with E-state index in [1.54, 1.807) is 0 Å². The predicted molar refractivity (Wildman–Crippen MR) is 123 cm³/mol. The van der Waals surface area contributed by atoms with Crippen molar-refractivity contribution in [2.45, 2.75) is 0 Å². The van der Waals surface area contributed by atoms with E-state index in [2.05, 4.69) is 11.1 Å². The molecule has 0 bridgehead atoms. The Morgan fingerprint density at radius 2 is 1.47 bits per heavy atom. The van der Waals surface area contributed by atoms with Gasteiger partial charge < -0.3 is 0 Å². The fourth-order valence-corrected chi connectivity index (χ4v) is 4.00. The Balaban J connectivity index is 1.62. The highest BCUT2D eigenvalue weighted by Crippen LogP contribution is 2.33. The molecule has 3 heterocycles. The van der Waals surface area contributed by atoms with Crippen LogP contribution in [-0.4, -0.2) is 24.1 Å². The van der Waals surface area contributed by atoms with Crippen LogP contribution < -0.4 is 0 Å². The van der Waals surface area contributed by atoms with Gasteiger partial charge in [-0.15, -0.1) is 0 Å². The van der Waals surface area contributed by atoms with Gasteiger partial charge >= 0.3 is 0 Å². The van der Waals surface area contributed by atoms with E-state index in [0.717, 1.165) is 28.0 Å². The van der Waals surface area contributed by atoms with Crippen LogP contribution in [0.25, 0.3) is 45.1 Å². The Morgan fingerprint density at radius 3 is 2.25 bits per heavy atom. The second-order valence-electron chi connectivity index (χ2n) is 7.38. The first-order chi connectivity index (χ1) is 15.8. The molecule has 6 aromatic rings. The molecular formula is C26H16N6. The van der Waals surface area contributed by atoms with Crippen LogP contribution in [-0.2, 0) is 0 Å². The Hall–Kier alpha value is -4.76. The number of rotatable bonds is 3. The average molecular weight is 412 g/mol. The van der Waals surface area contributed by atoms with Crippen LogP contribution in [0.3, 0.4) is 0 Å². The van der Waals surface area contributed by atoms with Crippen LogP contribution in [0, 0.1) is 11.3 Å². The van der Waals surface area contributed by atoms with Crippen LogP contribution in [0.15, 0.2) is 97.2 Å². The SMILES string of the molecule is N#Cc1c(-c2ccn3c(n2)nc2ccccc23)nn(-c2ccccc2)c1-c1ccccc1. The lowest BCUT2D eigenvalue weighted by atomic mass is 10.0. The second kappa shape index (κ2) is 7.18. The van der Waals surface area contributed by atoms with Crippen molar-refractivity contribution in [2.75, 3.05) is 0 Å². The molecule has 0 unspecified atom stereocenters. The van der Waals surface area contributed by atoms with Gasteiger partial charge in [0.2, 0.25) is 5.78 Å². The van der Waals surface area contributed by atoms with E-state index in [1.807, 2.05) is 106 Å². The Bertz CT molecular complexity index is 1620. The number of hydrogen-bond donors (Lipinski definition) is 0. The first kappa shape index (κ1) is 18.0. The molecule has 0 aliphatic rings. The second-order valence-corrected chi connectivity index (χ2v) is 7.38. The molecule has 150 valence electrons. The monoisotopic (exact) mass is 412 g/mol. The summed E-state index contributed by atoms with van der Waals surface area (Å²) in [6.07, 6.45) is 1.93. The summed E-state index contributed by atoms with van der Waals surface area (Å²) in [6, 6.07) is 31.8. The molecule has 0 radical (unpaired) electrons. The smallest absolute Gasteiger partial charge is 0.235 e. The van der Waals surface area contributed by atoms with Crippen molar-refractivity contribution in [3.63, 3.8) is 0 Å². The van der Waals surface area contributed by atoms with E-state index in [4.69, 9.17) is 10.1 Å². The number of hydrogen-bond acceptors (Lipinski definition) is 4. The van der Waals surface area contributed by atoms with Gasteiger partial charge in [-0.2, -0.15) is 10.4 Å². The molecule has 32 heavy (non-hydrogen) atoms. The fourth-order valence-electron chi connectivity index (χ4n) is 4.00. The lowest BCUT2D eigenvalue weighted by Crippen LogP contribution is -1.99. The standard InChI is InChI=1S/C26H16N6/c27-17-20-24(22-15-16-31-23-14-8-7-13-21(23)28-26(31)29-22)30-32(19-11-5-2-6-12-19)25(20)18-9-3-1-4-10-18/h1-16H. The molecule has 0 fully saturated rings. The number of para-hydroxylation sites is 3. The third-order valence-electron chi connectivity index (χ3n) is 5.47. The molecule has 6 rings (SSSR count). The average Bonchev–Trinajstić information content (AvgIpc) is 3.43. The van der Waals surface area contributed by atoms with Crippen molar-refractivity contribution >= 4 is 16.8 Å². The molecule has 0 atom stereocenters. The van der Waals surface area contributed by atoms with E-state index in [9.17, 15) is 5.26 Å². The normalized spacial score (nSPS) is 11.1. The Labute approximate surface area is 183 Å². The summed E-state index contributed by atoms with van der Waals surface area (Å²) in [5, 5.41) is 15.0. The highest BCUT2D eigenvalue weighted by atomic mass is 15.3. The maximum absolute atomic E-state index is 10.2. The van der Waals surface area contributed by atoms with Gasteiger partial charge in [0.1, 0.15) is 17.3 Å². The van der Waals surface area contributed by atoms with Gasteiger partial charge in [0, 0.05) is 11.8 Å². The van der Waals surface area contributed by atoms with Crippen LogP contribution in [0.2, 0.25) is 0 Å². The van der Waals surface area contributed by atoms with Crippen LogP contribution in [0.5, 0.6) is 0 Å². The van der Waals surface area contributed by atoms with Crippen molar-refractivity contribution in [1.29, 1.82) is 5.26 Å². The third-order valence-corrected chi connectivity index (χ3v) is 5.47. The summed E-state index contributed by atoms with van der Waals surface area (Å²) in [7, 11) is 0. The predicted octanol–water partition coefficient (Wildman–Crippen LogP) is 5.27. The zero-order chi connectivity index (χ0) is 21.5. The maximum Gasteiger partial charge on any atom is 0.235 e. The molecule has 0 saturated carbocycles. The van der Waals surface area contributed by atoms with Crippen molar-refractivity contribution in [1.82, 2.24) is 24.1 Å². The molecule has 6 nitrogen and oxygen atoms in total. The minimum Gasteiger partial charge on any atom is -0.284 e. The summed E-state index contributed by atoms with van der Waals surface area (Å²) in [4.78, 5) is 9.39. The number of nitrogens with zero attached hydrogens (tertiary/aromatic N) is 6. The first-order valence-electron chi connectivity index (χ1n) is 10.2. The fraction of sp³-hybridized carbons (Fsp3) is 0. The van der Waals surface area contributed by atoms with Gasteiger partial charge in [-0.1, -0.05) is 60.7 Å². The van der Waals surface area contributed by atoms with E-state index in [-0.39, 0.29) is 0 Å². The topological polar surface area (TPSA) is 71.8 Å². The molecule has 0 aliphatic heterocycles. The van der Waals surface area contributed by atoms with Gasteiger partial charge in [0.25, 0.3) is 0 Å². The molecule has 0 saturated heterocycles. The third kappa shape index (κ3) is 2.76. The molecule has 0 aliphatic carbocycles. The van der Waals surface area contributed by atoms with Gasteiger partial charge in [0.15, 0.2) is 0 Å². The maximum atomic E-state index is 10.2. The van der Waals surface area contributed by atoms with Crippen molar-refractivity contribution < 1.29 is 0 Å². The first-order valence-corrected chi connectivity index (χ1v) is 10.2. The van der Waals surface area contributed by atoms with Crippen molar-refractivity contribution in [2.24, 2.45) is 0 Å². The minimum absolute atomic E-state index is 0.480. The largest absolute Gasteiger partial charge is 0.284 e. The molecule has 0 N–H and O–H groups in total. The molecule has 6 heteroatoms. The molecule has 3 aromatic heterocycles. The lowest BCUT2D eigenvalue weighted by molar-refractivity contribution is 0.889. The van der Waals surface area contributed by atoms with Crippen molar-refractivity contribution in [3.05, 3.63) is 103 Å². The van der Waals surface area contributed by atoms with Gasteiger partial charge in [0.05, 0.1) is 28.1 Å². The quantitative estimate of drug-likeness (QED) is 0.397. The van der Waals surface area contributed by atoms with Gasteiger partial charge in [-0.05, 0) is 30.3 Å². The highest BCUT2D eigenvalue weighted by Gasteiger charge is 2.23. The van der Waals surface area contributed by atoms with Gasteiger partial charge in [-0.3, -0.25) is 4.40 Å². The summed E-state index contributed by atoms with van der Waals surface area (Å²) in [6.45, 7) is 0.